The predicted molar refractivity (Wildman–Crippen MR) is 152 cm³/mol. The maximum atomic E-state index is 12.6. The highest BCUT2D eigenvalue weighted by atomic mass is 32.1. The number of fused-ring (bicyclic) bond motifs is 2. The van der Waals surface area contributed by atoms with Crippen LogP contribution in [0, 0.1) is 0 Å². The number of cyclic esters (lactones) is 2. The third-order valence-corrected chi connectivity index (χ3v) is 6.62. The van der Waals surface area contributed by atoms with Gasteiger partial charge in [-0.2, -0.15) is 0 Å². The third kappa shape index (κ3) is 13.4. The maximum absolute atomic E-state index is 12.6. The summed E-state index contributed by atoms with van der Waals surface area (Å²) < 4.78 is 11.3. The molecule has 2 atom stereocenters. The number of likely N-dealkylation sites (N-methyl/N-ethyl adjacent to an activating group) is 1. The van der Waals surface area contributed by atoms with Crippen molar-refractivity contribution >= 4 is 23.3 Å². The van der Waals surface area contributed by atoms with Crippen LogP contribution in [0.3, 0.4) is 0 Å². The highest BCUT2D eigenvalue weighted by Gasteiger charge is 2.15. The van der Waals surface area contributed by atoms with E-state index in [0.29, 0.717) is 19.3 Å². The molecule has 0 N–H and O–H groups in total. The van der Waals surface area contributed by atoms with Crippen molar-refractivity contribution in [3.8, 4) is 0 Å². The van der Waals surface area contributed by atoms with Gasteiger partial charge in [-0.1, -0.05) is 47.1 Å². The zero-order valence-corrected chi connectivity index (χ0v) is 24.0. The van der Waals surface area contributed by atoms with Crippen LogP contribution < -0.4 is 0 Å². The Morgan fingerprint density at radius 2 is 1.84 bits per heavy atom. The van der Waals surface area contributed by atoms with E-state index in [2.05, 4.69) is 29.4 Å². The molecule has 0 spiro atoms. The molecule has 202 valence electrons. The van der Waals surface area contributed by atoms with Crippen molar-refractivity contribution in [3.63, 3.8) is 0 Å². The number of thiazole rings is 1. The van der Waals surface area contributed by atoms with Crippen molar-refractivity contribution < 1.29 is 19.1 Å². The Balaban J connectivity index is 2.21. The Bertz CT molecular complexity index is 1050. The lowest BCUT2D eigenvalue weighted by Gasteiger charge is -2.13. The van der Waals surface area contributed by atoms with Crippen LogP contribution in [0.15, 0.2) is 64.6 Å². The van der Waals surface area contributed by atoms with Gasteiger partial charge >= 0.3 is 11.9 Å². The van der Waals surface area contributed by atoms with E-state index in [1.807, 2.05) is 53.1 Å². The second kappa shape index (κ2) is 16.2. The van der Waals surface area contributed by atoms with E-state index in [9.17, 15) is 9.59 Å². The summed E-state index contributed by atoms with van der Waals surface area (Å²) in [5.41, 5.74) is 4.22. The Morgan fingerprint density at radius 1 is 1.11 bits per heavy atom. The lowest BCUT2D eigenvalue weighted by atomic mass is 10.1. The average Bonchev–Trinajstić information content (AvgIpc) is 3.25. The zero-order valence-electron chi connectivity index (χ0n) is 23.2. The molecule has 1 aliphatic rings. The second-order valence-electron chi connectivity index (χ2n) is 9.95. The summed E-state index contributed by atoms with van der Waals surface area (Å²) in [5, 5.41) is 2.98. The summed E-state index contributed by atoms with van der Waals surface area (Å²) >= 11 is 1.58. The molecule has 0 amide bonds. The molecular formula is C30H42N2O4S. The highest BCUT2D eigenvalue weighted by molar-refractivity contribution is 7.09. The number of allylic oxidation sites excluding steroid dienone is 6. The summed E-state index contributed by atoms with van der Waals surface area (Å²) in [7, 11) is 4.08. The van der Waals surface area contributed by atoms with Crippen molar-refractivity contribution in [1.82, 2.24) is 9.88 Å². The van der Waals surface area contributed by atoms with Crippen LogP contribution in [0.2, 0.25) is 0 Å². The van der Waals surface area contributed by atoms with E-state index < -0.39 is 12.1 Å². The zero-order chi connectivity index (χ0) is 27.2. The normalized spacial score (nSPS) is 24.0. The predicted octanol–water partition coefficient (Wildman–Crippen LogP) is 6.16. The summed E-state index contributed by atoms with van der Waals surface area (Å²) in [6.45, 7) is 8.82. The molecule has 0 unspecified atom stereocenters. The van der Waals surface area contributed by atoms with Gasteiger partial charge in [0.15, 0.2) is 0 Å². The summed E-state index contributed by atoms with van der Waals surface area (Å²) in [6.07, 6.45) is 16.6. The molecule has 0 saturated heterocycles. The van der Waals surface area contributed by atoms with Crippen LogP contribution in [0.1, 0.15) is 64.1 Å². The van der Waals surface area contributed by atoms with Crippen molar-refractivity contribution in [2.24, 2.45) is 0 Å². The van der Waals surface area contributed by atoms with Crippen LogP contribution in [-0.4, -0.2) is 54.7 Å². The van der Waals surface area contributed by atoms with Gasteiger partial charge in [0.05, 0.1) is 10.7 Å². The van der Waals surface area contributed by atoms with Crippen molar-refractivity contribution in [2.75, 3.05) is 20.6 Å². The monoisotopic (exact) mass is 526 g/mol. The smallest absolute Gasteiger partial charge is 0.331 e. The van der Waals surface area contributed by atoms with Crippen LogP contribution >= 0.6 is 11.3 Å². The SMILES string of the molecule is CC(/C=C/C(C)=C/[C@@H]1Cc2nc(cs2)CCCCC(=O)O[C@@H](C)C/C(C)=C/C=C/C(=O)O1)=C\CN(C)C. The largest absolute Gasteiger partial charge is 0.462 e. The van der Waals surface area contributed by atoms with Gasteiger partial charge in [-0.25, -0.2) is 9.78 Å². The molecule has 37 heavy (non-hydrogen) atoms. The minimum Gasteiger partial charge on any atom is -0.462 e. The molecule has 1 aliphatic heterocycles. The van der Waals surface area contributed by atoms with Crippen LogP contribution in [0.4, 0.5) is 0 Å². The number of carbonyl (C=O) groups excluding carboxylic acids is 2. The van der Waals surface area contributed by atoms with Crippen LogP contribution in [-0.2, 0) is 31.9 Å². The van der Waals surface area contributed by atoms with Crippen molar-refractivity contribution in [2.45, 2.75) is 78.4 Å². The molecule has 0 fully saturated rings. The number of hydrogen-bond donors (Lipinski definition) is 0. The first kappa shape index (κ1) is 30.5. The first-order valence-corrected chi connectivity index (χ1v) is 13.8. The molecule has 7 heteroatoms. The molecule has 0 saturated carbocycles. The van der Waals surface area contributed by atoms with E-state index in [1.54, 1.807) is 17.4 Å². The minimum atomic E-state index is -0.426. The Hall–Kier alpha value is -2.77. The fraction of sp³-hybridized carbons (Fsp3) is 0.500. The molecule has 0 aromatic carbocycles. The first-order valence-electron chi connectivity index (χ1n) is 13.0. The van der Waals surface area contributed by atoms with Crippen molar-refractivity contribution in [1.29, 1.82) is 0 Å². The number of rotatable bonds is 5. The molecule has 1 aromatic rings. The molecule has 2 heterocycles. The Morgan fingerprint density at radius 3 is 2.59 bits per heavy atom. The summed E-state index contributed by atoms with van der Waals surface area (Å²) in [6, 6.07) is 0. The van der Waals surface area contributed by atoms with E-state index in [4.69, 9.17) is 14.5 Å². The summed E-state index contributed by atoms with van der Waals surface area (Å²) in [5.74, 6) is -0.572. The standard InChI is InChI=1S/C30H42N2O4S/c1-22(16-17-32(5)6)14-15-24(3)19-27-20-28-31-26(21-37-28)11-7-8-12-29(33)35-25(4)18-23(2)10-9-13-30(34)36-27/h9-10,13-16,19,21,25,27H,7-8,11-12,17-18,20H2,1-6H3/b13-9+,15-14+,22-16+,23-10+,24-19+/t25-,27+/m0/s1. The second-order valence-corrected chi connectivity index (χ2v) is 10.9. The lowest BCUT2D eigenvalue weighted by Crippen LogP contribution is -2.17. The lowest BCUT2D eigenvalue weighted by molar-refractivity contribution is -0.148. The molecule has 2 bridgehead atoms. The fourth-order valence-electron chi connectivity index (χ4n) is 3.77. The first-order chi connectivity index (χ1) is 17.6. The van der Waals surface area contributed by atoms with E-state index >= 15 is 0 Å². The van der Waals surface area contributed by atoms with Gasteiger partial charge in [-0.3, -0.25) is 4.79 Å². The molecule has 1 aromatic heterocycles. The van der Waals surface area contributed by atoms with Gasteiger partial charge in [0.2, 0.25) is 0 Å². The van der Waals surface area contributed by atoms with Crippen LogP contribution in [0.25, 0.3) is 0 Å². The number of hydrogen-bond acceptors (Lipinski definition) is 7. The Kier molecular flexibility index (Phi) is 13.3. The van der Waals surface area contributed by atoms with Gasteiger partial charge in [0.1, 0.15) is 12.2 Å². The molecule has 0 radical (unpaired) electrons. The van der Waals surface area contributed by atoms with E-state index in [-0.39, 0.29) is 12.1 Å². The van der Waals surface area contributed by atoms with Crippen molar-refractivity contribution in [3.05, 3.63) is 75.3 Å². The number of esters is 2. The fourth-order valence-corrected chi connectivity index (χ4v) is 4.64. The number of aromatic nitrogens is 1. The number of ether oxygens (including phenoxy) is 2. The molecule has 0 aliphatic carbocycles. The number of aryl methyl sites for hydroxylation is 1. The number of nitrogens with zero attached hydrogens (tertiary/aromatic N) is 2. The summed E-state index contributed by atoms with van der Waals surface area (Å²) in [4.78, 5) is 31.6. The topological polar surface area (TPSA) is 68.7 Å². The highest BCUT2D eigenvalue weighted by Crippen LogP contribution is 2.18. The average molecular weight is 527 g/mol. The maximum Gasteiger partial charge on any atom is 0.331 e. The molecule has 2 rings (SSSR count). The van der Waals surface area contributed by atoms with E-state index in [1.165, 1.54) is 11.6 Å². The van der Waals surface area contributed by atoms with E-state index in [0.717, 1.165) is 47.7 Å². The Labute approximate surface area is 226 Å². The van der Waals surface area contributed by atoms with Crippen LogP contribution in [0.5, 0.6) is 0 Å². The van der Waals surface area contributed by atoms with Gasteiger partial charge < -0.3 is 14.4 Å². The van der Waals surface area contributed by atoms with Gasteiger partial charge in [0.25, 0.3) is 0 Å². The molecular weight excluding hydrogens is 484 g/mol. The minimum absolute atomic E-state index is 0.168. The molecule has 6 nitrogen and oxygen atoms in total. The van der Waals surface area contributed by atoms with Gasteiger partial charge in [0, 0.05) is 37.3 Å². The van der Waals surface area contributed by atoms with Gasteiger partial charge in [-0.05, 0) is 67.1 Å². The van der Waals surface area contributed by atoms with Gasteiger partial charge in [-0.15, -0.1) is 11.3 Å². The quantitative estimate of drug-likeness (QED) is 0.338. The number of carbonyl (C=O) groups is 2. The third-order valence-electron chi connectivity index (χ3n) is 5.70.